The minimum atomic E-state index is -0.308. The Balaban J connectivity index is 1.80. The van der Waals surface area contributed by atoms with Crippen molar-refractivity contribution in [3.63, 3.8) is 0 Å². The number of hydrogen-bond acceptors (Lipinski definition) is 6. The second kappa shape index (κ2) is 6.13. The Morgan fingerprint density at radius 1 is 1.18 bits per heavy atom. The third-order valence-electron chi connectivity index (χ3n) is 3.61. The van der Waals surface area contributed by atoms with E-state index in [2.05, 4.69) is 25.3 Å². The third kappa shape index (κ3) is 3.24. The quantitative estimate of drug-likeness (QED) is 0.936. The SMILES string of the molecule is Cc1nc(C(=O)Nc2cc(C)on2)cc(N2CCCCC2)n1. The Kier molecular flexibility index (Phi) is 4.04. The van der Waals surface area contributed by atoms with Crippen LogP contribution in [0.25, 0.3) is 0 Å². The number of nitrogens with one attached hydrogen (secondary N) is 1. The number of carbonyl (C=O) groups is 1. The summed E-state index contributed by atoms with van der Waals surface area (Å²) in [4.78, 5) is 23.2. The van der Waals surface area contributed by atoms with E-state index in [1.54, 1.807) is 26.0 Å². The summed E-state index contributed by atoms with van der Waals surface area (Å²) in [5.74, 6) is 2.12. The Morgan fingerprint density at radius 3 is 2.64 bits per heavy atom. The van der Waals surface area contributed by atoms with E-state index in [0.29, 0.717) is 23.1 Å². The van der Waals surface area contributed by atoms with Crippen LogP contribution in [0.5, 0.6) is 0 Å². The molecule has 0 atom stereocenters. The van der Waals surface area contributed by atoms with Gasteiger partial charge < -0.3 is 14.7 Å². The van der Waals surface area contributed by atoms with Crippen LogP contribution in [0.3, 0.4) is 0 Å². The molecule has 0 saturated carbocycles. The molecule has 0 spiro atoms. The number of hydrogen-bond donors (Lipinski definition) is 1. The molecule has 3 heterocycles. The minimum Gasteiger partial charge on any atom is -0.360 e. The van der Waals surface area contributed by atoms with Crippen LogP contribution in [-0.4, -0.2) is 34.1 Å². The topological polar surface area (TPSA) is 84.2 Å². The Hall–Kier alpha value is -2.44. The summed E-state index contributed by atoms with van der Waals surface area (Å²) >= 11 is 0. The number of anilines is 2. The van der Waals surface area contributed by atoms with Gasteiger partial charge in [-0.05, 0) is 33.1 Å². The van der Waals surface area contributed by atoms with Crippen molar-refractivity contribution in [3.05, 3.63) is 29.4 Å². The lowest BCUT2D eigenvalue weighted by Crippen LogP contribution is -2.31. The molecule has 0 aromatic carbocycles. The van der Waals surface area contributed by atoms with Gasteiger partial charge in [0.1, 0.15) is 23.1 Å². The Labute approximate surface area is 128 Å². The molecule has 1 fully saturated rings. The largest absolute Gasteiger partial charge is 0.360 e. The molecule has 1 aliphatic rings. The first-order valence-electron chi connectivity index (χ1n) is 7.47. The zero-order valence-electron chi connectivity index (χ0n) is 12.8. The van der Waals surface area contributed by atoms with E-state index < -0.39 is 0 Å². The number of carbonyl (C=O) groups excluding carboxylic acids is 1. The maximum absolute atomic E-state index is 12.3. The molecule has 7 nitrogen and oxygen atoms in total. The van der Waals surface area contributed by atoms with Gasteiger partial charge in [0.15, 0.2) is 5.82 Å². The third-order valence-corrected chi connectivity index (χ3v) is 3.61. The molecule has 1 N–H and O–H groups in total. The van der Waals surface area contributed by atoms with Crippen molar-refractivity contribution in [2.75, 3.05) is 23.3 Å². The summed E-state index contributed by atoms with van der Waals surface area (Å²) in [5, 5.41) is 6.44. The molecule has 7 heteroatoms. The molecule has 2 aromatic heterocycles. The molecular weight excluding hydrogens is 282 g/mol. The van der Waals surface area contributed by atoms with Crippen LogP contribution in [0.4, 0.5) is 11.6 Å². The lowest BCUT2D eigenvalue weighted by molar-refractivity contribution is 0.102. The monoisotopic (exact) mass is 301 g/mol. The summed E-state index contributed by atoms with van der Waals surface area (Å²) in [6.45, 7) is 5.51. The van der Waals surface area contributed by atoms with Gasteiger partial charge in [-0.25, -0.2) is 9.97 Å². The van der Waals surface area contributed by atoms with Crippen molar-refractivity contribution >= 4 is 17.5 Å². The van der Waals surface area contributed by atoms with Crippen molar-refractivity contribution in [3.8, 4) is 0 Å². The first-order chi connectivity index (χ1) is 10.6. The highest BCUT2D eigenvalue weighted by molar-refractivity contribution is 6.02. The average Bonchev–Trinajstić information content (AvgIpc) is 2.92. The van der Waals surface area contributed by atoms with Crippen LogP contribution in [0.2, 0.25) is 0 Å². The van der Waals surface area contributed by atoms with E-state index in [0.717, 1.165) is 31.7 Å². The van der Waals surface area contributed by atoms with Gasteiger partial charge in [0.2, 0.25) is 0 Å². The standard InChI is InChI=1S/C15H19N5O2/c1-10-8-13(19-22-10)18-15(21)12-9-14(17-11(2)16-12)20-6-4-3-5-7-20/h8-9H,3-7H2,1-2H3,(H,18,19,21). The minimum absolute atomic E-state index is 0.308. The molecule has 1 amide bonds. The number of nitrogens with zero attached hydrogens (tertiary/aromatic N) is 4. The van der Waals surface area contributed by atoms with E-state index in [1.165, 1.54) is 6.42 Å². The summed E-state index contributed by atoms with van der Waals surface area (Å²) < 4.78 is 4.94. The zero-order valence-corrected chi connectivity index (χ0v) is 12.8. The van der Waals surface area contributed by atoms with Gasteiger partial charge in [-0.1, -0.05) is 5.16 Å². The van der Waals surface area contributed by atoms with Crippen LogP contribution in [0.15, 0.2) is 16.7 Å². The van der Waals surface area contributed by atoms with Crippen molar-refractivity contribution in [2.24, 2.45) is 0 Å². The van der Waals surface area contributed by atoms with Gasteiger partial charge in [0.25, 0.3) is 5.91 Å². The first kappa shape index (κ1) is 14.5. The lowest BCUT2D eigenvalue weighted by Gasteiger charge is -2.28. The molecule has 22 heavy (non-hydrogen) atoms. The van der Waals surface area contributed by atoms with Gasteiger partial charge in [-0.3, -0.25) is 4.79 Å². The van der Waals surface area contributed by atoms with E-state index in [1.807, 2.05) is 0 Å². The summed E-state index contributed by atoms with van der Waals surface area (Å²) in [5.41, 5.74) is 0.341. The van der Waals surface area contributed by atoms with Crippen molar-refractivity contribution in [1.82, 2.24) is 15.1 Å². The first-order valence-corrected chi connectivity index (χ1v) is 7.47. The molecule has 116 valence electrons. The highest BCUT2D eigenvalue weighted by Gasteiger charge is 2.17. The van der Waals surface area contributed by atoms with Gasteiger partial charge in [0, 0.05) is 25.2 Å². The fourth-order valence-corrected chi connectivity index (χ4v) is 2.56. The Bertz CT molecular complexity index is 676. The van der Waals surface area contributed by atoms with Crippen LogP contribution in [0.1, 0.15) is 41.3 Å². The van der Waals surface area contributed by atoms with E-state index >= 15 is 0 Å². The highest BCUT2D eigenvalue weighted by Crippen LogP contribution is 2.19. The lowest BCUT2D eigenvalue weighted by atomic mass is 10.1. The summed E-state index contributed by atoms with van der Waals surface area (Å²) in [7, 11) is 0. The molecule has 0 unspecified atom stereocenters. The summed E-state index contributed by atoms with van der Waals surface area (Å²) in [6, 6.07) is 3.40. The van der Waals surface area contributed by atoms with Crippen LogP contribution in [-0.2, 0) is 0 Å². The van der Waals surface area contributed by atoms with Crippen molar-refractivity contribution in [2.45, 2.75) is 33.1 Å². The maximum Gasteiger partial charge on any atom is 0.275 e. The fourth-order valence-electron chi connectivity index (χ4n) is 2.56. The summed E-state index contributed by atoms with van der Waals surface area (Å²) in [6.07, 6.45) is 3.56. The van der Waals surface area contributed by atoms with E-state index in [4.69, 9.17) is 4.52 Å². The van der Waals surface area contributed by atoms with E-state index in [-0.39, 0.29) is 5.91 Å². The van der Waals surface area contributed by atoms with E-state index in [9.17, 15) is 4.79 Å². The number of aromatic nitrogens is 3. The highest BCUT2D eigenvalue weighted by atomic mass is 16.5. The van der Waals surface area contributed by atoms with Crippen molar-refractivity contribution < 1.29 is 9.32 Å². The number of piperidine rings is 1. The Morgan fingerprint density at radius 2 is 1.95 bits per heavy atom. The molecule has 0 aliphatic carbocycles. The normalized spacial score (nSPS) is 14.9. The van der Waals surface area contributed by atoms with Crippen LogP contribution in [0, 0.1) is 13.8 Å². The molecule has 2 aromatic rings. The second-order valence-electron chi connectivity index (χ2n) is 5.48. The molecule has 1 saturated heterocycles. The fraction of sp³-hybridized carbons (Fsp3) is 0.467. The number of rotatable bonds is 3. The molecule has 0 radical (unpaired) electrons. The predicted molar refractivity (Wildman–Crippen MR) is 82.0 cm³/mol. The van der Waals surface area contributed by atoms with Gasteiger partial charge >= 0.3 is 0 Å². The maximum atomic E-state index is 12.3. The second-order valence-corrected chi connectivity index (χ2v) is 5.48. The van der Waals surface area contributed by atoms with Gasteiger partial charge in [-0.2, -0.15) is 0 Å². The number of aryl methyl sites for hydroxylation is 2. The van der Waals surface area contributed by atoms with Gasteiger partial charge in [0.05, 0.1) is 0 Å². The van der Waals surface area contributed by atoms with Crippen molar-refractivity contribution in [1.29, 1.82) is 0 Å². The molecular formula is C15H19N5O2. The predicted octanol–water partition coefficient (Wildman–Crippen LogP) is 2.32. The average molecular weight is 301 g/mol. The molecule has 0 bridgehead atoms. The van der Waals surface area contributed by atoms with Crippen LogP contribution >= 0.6 is 0 Å². The molecule has 1 aliphatic heterocycles. The molecule has 3 rings (SSSR count). The zero-order chi connectivity index (χ0) is 15.5. The number of amides is 1. The smallest absolute Gasteiger partial charge is 0.275 e. The van der Waals surface area contributed by atoms with Crippen LogP contribution < -0.4 is 10.2 Å². The van der Waals surface area contributed by atoms with Gasteiger partial charge in [-0.15, -0.1) is 0 Å².